The highest BCUT2D eigenvalue weighted by Crippen LogP contribution is 2.21. The van der Waals surface area contributed by atoms with E-state index in [0.717, 1.165) is 11.0 Å². The number of aliphatic hydroxyl groups is 1. The first-order valence-electron chi connectivity index (χ1n) is 6.61. The van der Waals surface area contributed by atoms with Gasteiger partial charge in [0, 0.05) is 12.0 Å². The summed E-state index contributed by atoms with van der Waals surface area (Å²) in [5.74, 6) is 0. The van der Waals surface area contributed by atoms with Gasteiger partial charge in [0.2, 0.25) is 10.0 Å². The first-order valence-corrected chi connectivity index (χ1v) is 8.16. The second kappa shape index (κ2) is 7.02. The molecule has 4 nitrogen and oxygen atoms in total. The Labute approximate surface area is 121 Å². The normalized spacial score (nSPS) is 14.6. The first kappa shape index (κ1) is 16.9. The third-order valence-electron chi connectivity index (χ3n) is 2.96. The molecule has 1 rings (SSSR count). The van der Waals surface area contributed by atoms with Crippen LogP contribution >= 0.6 is 0 Å². The van der Waals surface area contributed by atoms with Crippen molar-refractivity contribution in [3.05, 3.63) is 41.3 Å². The summed E-state index contributed by atoms with van der Waals surface area (Å²) in [4.78, 5) is 0. The Bertz CT molecular complexity index is 530. The second-order valence-corrected chi connectivity index (χ2v) is 7.47. The van der Waals surface area contributed by atoms with Crippen LogP contribution in [0.1, 0.15) is 32.8 Å². The molecule has 1 aromatic rings. The van der Waals surface area contributed by atoms with Gasteiger partial charge in [-0.3, -0.25) is 0 Å². The summed E-state index contributed by atoms with van der Waals surface area (Å²) in [6, 6.07) is 9.22. The molecule has 112 valence electrons. The fourth-order valence-electron chi connectivity index (χ4n) is 1.55. The minimum atomic E-state index is -3.46. The van der Waals surface area contributed by atoms with Gasteiger partial charge in [-0.15, -0.1) is 0 Å². The van der Waals surface area contributed by atoms with Crippen molar-refractivity contribution in [1.82, 2.24) is 4.72 Å². The maximum absolute atomic E-state index is 11.8. The van der Waals surface area contributed by atoms with Crippen molar-refractivity contribution in [2.45, 2.75) is 33.3 Å². The Kier molecular flexibility index (Phi) is 5.92. The standard InChI is InChI=1S/C15H23NO3S/c1-15(2,3)14(17)9-11-16-20(18,19)12-10-13-7-5-4-6-8-13/h4-8,10,12,14,16-17H,9,11H2,1-3H3/b12-10+/t14-/m1/s1. The Balaban J connectivity index is 2.49. The average Bonchev–Trinajstić information content (AvgIpc) is 2.36. The molecule has 0 radical (unpaired) electrons. The van der Waals surface area contributed by atoms with Crippen LogP contribution < -0.4 is 4.72 Å². The first-order chi connectivity index (χ1) is 9.21. The Morgan fingerprint density at radius 1 is 1.25 bits per heavy atom. The Hall–Kier alpha value is -1.17. The molecular weight excluding hydrogens is 274 g/mol. The highest BCUT2D eigenvalue weighted by Gasteiger charge is 2.21. The second-order valence-electron chi connectivity index (χ2n) is 5.82. The van der Waals surface area contributed by atoms with E-state index in [0.29, 0.717) is 6.42 Å². The Morgan fingerprint density at radius 2 is 1.85 bits per heavy atom. The molecule has 0 bridgehead atoms. The van der Waals surface area contributed by atoms with E-state index in [1.807, 2.05) is 51.1 Å². The predicted molar refractivity (Wildman–Crippen MR) is 82.5 cm³/mol. The molecule has 0 aromatic heterocycles. The van der Waals surface area contributed by atoms with E-state index in [-0.39, 0.29) is 12.0 Å². The van der Waals surface area contributed by atoms with Crippen LogP contribution in [0, 0.1) is 5.41 Å². The molecule has 2 N–H and O–H groups in total. The summed E-state index contributed by atoms with van der Waals surface area (Å²) in [5.41, 5.74) is 0.582. The van der Waals surface area contributed by atoms with E-state index in [1.54, 1.807) is 6.08 Å². The van der Waals surface area contributed by atoms with Crippen LogP contribution in [0.25, 0.3) is 6.08 Å². The number of hydrogen-bond donors (Lipinski definition) is 2. The van der Waals surface area contributed by atoms with Gasteiger partial charge in [0.05, 0.1) is 6.10 Å². The summed E-state index contributed by atoms with van der Waals surface area (Å²) in [5, 5.41) is 11.0. The van der Waals surface area contributed by atoms with Crippen molar-refractivity contribution in [1.29, 1.82) is 0 Å². The molecule has 0 saturated heterocycles. The SMILES string of the molecule is CC(C)(C)[C@H](O)CCNS(=O)(=O)/C=C/c1ccccc1. The molecule has 5 heteroatoms. The van der Waals surface area contributed by atoms with E-state index in [9.17, 15) is 13.5 Å². The van der Waals surface area contributed by atoms with Gasteiger partial charge in [-0.1, -0.05) is 51.1 Å². The molecule has 0 saturated carbocycles. The third kappa shape index (κ3) is 6.32. The van der Waals surface area contributed by atoms with E-state index < -0.39 is 16.1 Å². The molecule has 0 aliphatic rings. The molecular formula is C15H23NO3S. The van der Waals surface area contributed by atoms with Gasteiger partial charge in [0.15, 0.2) is 0 Å². The quantitative estimate of drug-likeness (QED) is 0.847. The minimum absolute atomic E-state index is 0.222. The predicted octanol–water partition coefficient (Wildman–Crippen LogP) is 2.37. The van der Waals surface area contributed by atoms with E-state index in [2.05, 4.69) is 4.72 Å². The minimum Gasteiger partial charge on any atom is -0.393 e. The van der Waals surface area contributed by atoms with Gasteiger partial charge in [0.25, 0.3) is 0 Å². The van der Waals surface area contributed by atoms with E-state index >= 15 is 0 Å². The molecule has 1 aromatic carbocycles. The largest absolute Gasteiger partial charge is 0.393 e. The molecule has 0 aliphatic heterocycles. The van der Waals surface area contributed by atoms with Crippen LogP contribution in [0.15, 0.2) is 35.7 Å². The zero-order valence-corrected chi connectivity index (χ0v) is 13.0. The lowest BCUT2D eigenvalue weighted by Crippen LogP contribution is -2.31. The molecule has 0 fully saturated rings. The van der Waals surface area contributed by atoms with Crippen LogP contribution in [-0.4, -0.2) is 26.2 Å². The smallest absolute Gasteiger partial charge is 0.233 e. The van der Waals surface area contributed by atoms with E-state index in [1.165, 1.54) is 0 Å². The van der Waals surface area contributed by atoms with E-state index in [4.69, 9.17) is 0 Å². The highest BCUT2D eigenvalue weighted by molar-refractivity contribution is 7.92. The molecule has 0 unspecified atom stereocenters. The zero-order chi connectivity index (χ0) is 15.2. The number of aliphatic hydroxyl groups excluding tert-OH is 1. The molecule has 0 heterocycles. The molecule has 1 atom stereocenters. The topological polar surface area (TPSA) is 66.4 Å². The number of sulfonamides is 1. The zero-order valence-electron chi connectivity index (χ0n) is 12.2. The fraction of sp³-hybridized carbons (Fsp3) is 0.467. The lowest BCUT2D eigenvalue weighted by Gasteiger charge is -2.25. The van der Waals surface area contributed by atoms with Gasteiger partial charge in [-0.05, 0) is 23.5 Å². The van der Waals surface area contributed by atoms with Crippen LogP contribution in [0.2, 0.25) is 0 Å². The molecule has 0 amide bonds. The van der Waals surface area contributed by atoms with Gasteiger partial charge >= 0.3 is 0 Å². The number of nitrogens with one attached hydrogen (secondary N) is 1. The molecule has 0 aliphatic carbocycles. The fourth-order valence-corrected chi connectivity index (χ4v) is 2.39. The number of hydrogen-bond acceptors (Lipinski definition) is 3. The van der Waals surface area contributed by atoms with Crippen LogP contribution in [0.5, 0.6) is 0 Å². The van der Waals surface area contributed by atoms with Gasteiger partial charge in [-0.25, -0.2) is 13.1 Å². The van der Waals surface area contributed by atoms with Crippen LogP contribution in [-0.2, 0) is 10.0 Å². The number of rotatable bonds is 6. The lowest BCUT2D eigenvalue weighted by atomic mass is 9.87. The average molecular weight is 297 g/mol. The maximum atomic E-state index is 11.8. The monoisotopic (exact) mass is 297 g/mol. The summed E-state index contributed by atoms with van der Waals surface area (Å²) < 4.78 is 26.0. The van der Waals surface area contributed by atoms with Crippen molar-refractivity contribution in [3.8, 4) is 0 Å². The van der Waals surface area contributed by atoms with Crippen LogP contribution in [0.4, 0.5) is 0 Å². The maximum Gasteiger partial charge on any atom is 0.233 e. The van der Waals surface area contributed by atoms with Crippen molar-refractivity contribution >= 4 is 16.1 Å². The Morgan fingerprint density at radius 3 is 2.40 bits per heavy atom. The number of benzene rings is 1. The summed E-state index contributed by atoms with van der Waals surface area (Å²) >= 11 is 0. The van der Waals surface area contributed by atoms with Crippen LogP contribution in [0.3, 0.4) is 0 Å². The summed E-state index contributed by atoms with van der Waals surface area (Å²) in [7, 11) is -3.46. The summed E-state index contributed by atoms with van der Waals surface area (Å²) in [6.45, 7) is 5.98. The van der Waals surface area contributed by atoms with Crippen molar-refractivity contribution in [2.75, 3.05) is 6.54 Å². The molecule has 0 spiro atoms. The lowest BCUT2D eigenvalue weighted by molar-refractivity contribution is 0.0571. The van der Waals surface area contributed by atoms with Crippen molar-refractivity contribution < 1.29 is 13.5 Å². The highest BCUT2D eigenvalue weighted by atomic mass is 32.2. The van der Waals surface area contributed by atoms with Crippen molar-refractivity contribution in [2.24, 2.45) is 5.41 Å². The van der Waals surface area contributed by atoms with Gasteiger partial charge in [-0.2, -0.15) is 0 Å². The van der Waals surface area contributed by atoms with Crippen molar-refractivity contribution in [3.63, 3.8) is 0 Å². The third-order valence-corrected chi connectivity index (χ3v) is 4.06. The van der Waals surface area contributed by atoms with Gasteiger partial charge < -0.3 is 5.11 Å². The molecule has 20 heavy (non-hydrogen) atoms. The van der Waals surface area contributed by atoms with Gasteiger partial charge in [0.1, 0.15) is 0 Å². The summed E-state index contributed by atoms with van der Waals surface area (Å²) in [6.07, 6.45) is 1.40.